The van der Waals surface area contributed by atoms with Gasteiger partial charge in [-0.1, -0.05) is 133 Å². The molecule has 0 spiro atoms. The molecule has 27 heteroatoms. The van der Waals surface area contributed by atoms with Gasteiger partial charge in [0.1, 0.15) is 17.0 Å². The molecule has 6 saturated carbocycles. The van der Waals surface area contributed by atoms with Crippen LogP contribution in [0.15, 0.2) is 178 Å². The molecule has 2 aromatic heterocycles. The van der Waals surface area contributed by atoms with Crippen LogP contribution in [0.4, 0.5) is 49.1 Å². The van der Waals surface area contributed by atoms with Gasteiger partial charge in [-0.3, -0.25) is 0 Å². The summed E-state index contributed by atoms with van der Waals surface area (Å²) in [6, 6.07) is 44.2. The first-order valence-electron chi connectivity index (χ1n) is 35.4. The number of aromatic carboxylic acids is 1. The summed E-state index contributed by atoms with van der Waals surface area (Å²) in [7, 11) is 0. The Morgan fingerprint density at radius 1 is 0.523 bits per heavy atom. The minimum Gasteiger partial charge on any atom is -0.478 e. The molecule has 0 bridgehead atoms. The van der Waals surface area contributed by atoms with E-state index >= 15 is 0 Å². The van der Waals surface area contributed by atoms with E-state index in [-0.39, 0.29) is 66.2 Å². The highest BCUT2D eigenvalue weighted by molar-refractivity contribution is 5.88. The number of nitrogens with zero attached hydrogens (tertiary/aromatic N) is 7. The molecule has 107 heavy (non-hydrogen) atoms. The summed E-state index contributed by atoms with van der Waals surface area (Å²) in [5, 5.41) is 32.9. The van der Waals surface area contributed by atoms with Gasteiger partial charge in [-0.25, -0.2) is 14.4 Å². The van der Waals surface area contributed by atoms with E-state index in [9.17, 15) is 59.1 Å². The molecule has 6 atom stereocenters. The minimum absolute atomic E-state index is 0. The molecule has 8 aromatic rings. The number of hydrogen-bond acceptors (Lipinski definition) is 14. The van der Waals surface area contributed by atoms with Gasteiger partial charge in [-0.15, -0.1) is 0 Å². The average Bonchev–Trinajstić information content (AvgIpc) is 1.66. The van der Waals surface area contributed by atoms with E-state index in [1.54, 1.807) is 4.90 Å². The van der Waals surface area contributed by atoms with Crippen LogP contribution in [0.5, 0.6) is 0 Å². The second-order valence-electron chi connectivity index (χ2n) is 30.4. The van der Waals surface area contributed by atoms with Crippen molar-refractivity contribution in [3.63, 3.8) is 0 Å². The lowest BCUT2D eigenvalue weighted by molar-refractivity contribution is -0.138. The average molecular weight is 1490 g/mol. The molecule has 2 amide bonds. The molecular weight excluding hydrogens is 1400 g/mol. The first kappa shape index (κ1) is 79.8. The Bertz CT molecular complexity index is 4300. The number of halogens is 9. The van der Waals surface area contributed by atoms with E-state index in [1.807, 2.05) is 88.9 Å². The predicted molar refractivity (Wildman–Crippen MR) is 382 cm³/mol. The van der Waals surface area contributed by atoms with E-state index in [1.165, 1.54) is 41.0 Å². The van der Waals surface area contributed by atoms with Crippen molar-refractivity contribution in [2.45, 2.75) is 202 Å². The zero-order chi connectivity index (χ0) is 76.2. The molecule has 6 aliphatic carbocycles. The highest BCUT2D eigenvalue weighted by Gasteiger charge is 2.54. The van der Waals surface area contributed by atoms with E-state index in [0.29, 0.717) is 53.7 Å². The van der Waals surface area contributed by atoms with Crippen LogP contribution in [-0.4, -0.2) is 113 Å². The lowest BCUT2D eigenvalue weighted by Crippen LogP contribution is -2.53. The van der Waals surface area contributed by atoms with Crippen molar-refractivity contribution in [1.82, 2.24) is 35.4 Å². The number of benzene rings is 6. The van der Waals surface area contributed by atoms with Crippen molar-refractivity contribution in [3.8, 4) is 22.9 Å². The number of carboxylic acid groups (broad SMARTS) is 1. The second-order valence-corrected chi connectivity index (χ2v) is 30.4. The number of carboxylic acids is 1. The molecule has 0 radical (unpaired) electrons. The van der Waals surface area contributed by atoms with Crippen LogP contribution in [0.2, 0.25) is 0 Å². The third kappa shape index (κ3) is 19.7. The maximum absolute atomic E-state index is 13.4. The number of oxime groups is 1. The Labute approximate surface area is 615 Å². The van der Waals surface area contributed by atoms with Gasteiger partial charge in [0.25, 0.3) is 11.8 Å². The van der Waals surface area contributed by atoms with Gasteiger partial charge in [-0.2, -0.15) is 49.5 Å². The molecule has 14 rings (SSSR count). The third-order valence-corrected chi connectivity index (χ3v) is 20.5. The molecular formula is C80H90F9N9O9. The third-order valence-electron chi connectivity index (χ3n) is 20.5. The van der Waals surface area contributed by atoms with Crippen LogP contribution in [-0.2, 0) is 38.8 Å². The Kier molecular flexibility index (Phi) is 23.8. The Morgan fingerprint density at radius 2 is 0.888 bits per heavy atom. The maximum atomic E-state index is 13.4. The summed E-state index contributed by atoms with van der Waals surface area (Å²) in [6.45, 7) is 12.8. The summed E-state index contributed by atoms with van der Waals surface area (Å²) in [4.78, 5) is 49.3. The predicted octanol–water partition coefficient (Wildman–Crippen LogP) is 19.0. The Morgan fingerprint density at radius 3 is 1.22 bits per heavy atom. The monoisotopic (exact) mass is 1490 g/mol. The fraction of sp³-hybridized carbons (Fsp3) is 0.450. The number of hydrogen-bond donors (Lipinski definition) is 4. The van der Waals surface area contributed by atoms with Gasteiger partial charge >= 0.3 is 36.7 Å². The van der Waals surface area contributed by atoms with E-state index in [2.05, 4.69) is 79.3 Å². The molecule has 5 N–H and O–H groups in total. The van der Waals surface area contributed by atoms with Crippen LogP contribution in [0, 0.1) is 5.41 Å². The summed E-state index contributed by atoms with van der Waals surface area (Å²) < 4.78 is 135. The topological polar surface area (TPSA) is 245 Å². The van der Waals surface area contributed by atoms with E-state index < -0.39 is 63.2 Å². The number of nitrogens with two attached hydrogens (primary N) is 1. The van der Waals surface area contributed by atoms with Gasteiger partial charge in [-0.05, 0) is 189 Å². The van der Waals surface area contributed by atoms with Crippen LogP contribution in [0.25, 0.3) is 22.9 Å². The van der Waals surface area contributed by atoms with Crippen LogP contribution in [0.3, 0.4) is 0 Å². The molecule has 6 aromatic carbocycles. The Hall–Kier alpha value is -9.79. The van der Waals surface area contributed by atoms with E-state index in [4.69, 9.17) is 29.4 Å². The Balaban J connectivity index is 0.000000159. The van der Waals surface area contributed by atoms with Gasteiger partial charge in [0.15, 0.2) is 11.6 Å². The van der Waals surface area contributed by atoms with Crippen LogP contribution in [0.1, 0.15) is 199 Å². The number of ether oxygens (including phenoxy) is 2. The zero-order valence-corrected chi connectivity index (χ0v) is 59.5. The van der Waals surface area contributed by atoms with E-state index in [0.717, 1.165) is 132 Å². The molecule has 0 aliphatic heterocycles. The summed E-state index contributed by atoms with van der Waals surface area (Å²) in [5.41, 5.74) is 5.95. The number of amides is 2. The summed E-state index contributed by atoms with van der Waals surface area (Å²) in [6.07, 6.45) is -2.74. The van der Waals surface area contributed by atoms with Crippen molar-refractivity contribution in [2.24, 2.45) is 16.3 Å². The van der Waals surface area contributed by atoms with Crippen molar-refractivity contribution >= 4 is 24.0 Å². The number of carbonyl (C=O) groups excluding carboxylic acids is 2. The fourth-order valence-electron chi connectivity index (χ4n) is 13.8. The summed E-state index contributed by atoms with van der Waals surface area (Å²) in [5.74, 6) is 1.62. The van der Waals surface area contributed by atoms with Crippen LogP contribution >= 0.6 is 0 Å². The van der Waals surface area contributed by atoms with Crippen molar-refractivity contribution in [3.05, 3.63) is 214 Å². The quantitative estimate of drug-likeness (QED) is 0.0205. The number of rotatable bonds is 18. The normalized spacial score (nSPS) is 20.8. The van der Waals surface area contributed by atoms with Crippen molar-refractivity contribution < 1.29 is 82.7 Å². The molecule has 6 fully saturated rings. The molecule has 2 heterocycles. The van der Waals surface area contributed by atoms with Gasteiger partial charge < -0.3 is 49.7 Å². The number of carbonyl (C=O) groups is 3. The minimum atomic E-state index is -4.42. The molecule has 3 unspecified atom stereocenters. The standard InChI is InChI=1S/C28H30F3N3O3.C23H22F3N3O.C20H29N3O3.C8H5F3O2.CH4/c1-26(2,3)36-25(35)34(22-16-21(22)18-8-5-4-6-9-18)17-27(14-7-15-27)24-32-23(37-33-24)19-10-12-20(13-11-19)28(29,30)31;24-23(25,26)17-9-7-16(8-10-17)20-28-21(29-30-20)22(11-4-12-22)14-27-19-13-18(19)15-5-2-1-3-6-15;1-19(2,3)26-18(24)23(13-20(10-7-11-20)17(21)22-25)16-12-15(16)14-8-5-4-6-9-14;9-8(10,11)6-3-1-5(2-4-6)7(12)13;/h4-6,8-13,21-22H,7,14-17H2,1-3H3;1-3,5-10,18-19,27H,4,11-14H2;4-6,8-9,15-16,25H,7,10-13H2,1-3H3,(H2,21,22);1-4H,(H,12,13);1H4/t21?,22-;18?,19-;15?,16-;;/m000../s1. The second kappa shape index (κ2) is 32.0. The highest BCUT2D eigenvalue weighted by Crippen LogP contribution is 2.52. The SMILES string of the molecule is C.CC(C)(C)OC(=O)N(CC1(C(N)=NO)CCC1)[C@H]1CC1c1ccccc1.CC(C)(C)OC(=O)N(CC1(c2noc(-c3ccc(C(F)(F)F)cc3)n2)CCC1)[C@H]1CC1c1ccccc1.FC(F)(F)c1ccc(-c2nc(C3(CN[C@H]4CC4c4ccccc4)CCC3)no2)cc1.O=C(O)c1ccc(C(F)(F)F)cc1. The van der Waals surface area contributed by atoms with Crippen LogP contribution < -0.4 is 11.1 Å². The number of aromatic nitrogens is 4. The largest absolute Gasteiger partial charge is 0.478 e. The maximum Gasteiger partial charge on any atom is 0.416 e. The van der Waals surface area contributed by atoms with Crippen molar-refractivity contribution in [1.29, 1.82) is 0 Å². The smallest absolute Gasteiger partial charge is 0.416 e. The fourth-order valence-corrected chi connectivity index (χ4v) is 13.8. The zero-order valence-electron chi connectivity index (χ0n) is 59.5. The summed E-state index contributed by atoms with van der Waals surface area (Å²) >= 11 is 0. The molecule has 6 aliphatic rings. The molecule has 18 nitrogen and oxygen atoms in total. The van der Waals surface area contributed by atoms with Gasteiger partial charge in [0.2, 0.25) is 0 Å². The number of nitrogens with one attached hydrogen (secondary N) is 1. The molecule has 572 valence electrons. The molecule has 0 saturated heterocycles. The lowest BCUT2D eigenvalue weighted by atomic mass is 9.67. The number of alkyl halides is 9. The van der Waals surface area contributed by atoms with Gasteiger partial charge in [0, 0.05) is 77.5 Å². The van der Waals surface area contributed by atoms with Crippen molar-refractivity contribution in [2.75, 3.05) is 19.6 Å². The first-order valence-corrected chi connectivity index (χ1v) is 35.4. The highest BCUT2D eigenvalue weighted by atomic mass is 19.4. The lowest BCUT2D eigenvalue weighted by Gasteiger charge is -2.44. The van der Waals surface area contributed by atoms with Gasteiger partial charge in [0.05, 0.1) is 27.7 Å². The number of amidine groups is 1. The first-order chi connectivity index (χ1) is 50.1.